The van der Waals surface area contributed by atoms with E-state index in [0.29, 0.717) is 11.2 Å². The van der Waals surface area contributed by atoms with E-state index in [-0.39, 0.29) is 0 Å². The van der Waals surface area contributed by atoms with Gasteiger partial charge in [-0.1, -0.05) is 29.9 Å². The minimum atomic E-state index is 0.538. The van der Waals surface area contributed by atoms with Gasteiger partial charge in [0.2, 0.25) is 0 Å². The predicted molar refractivity (Wildman–Crippen MR) is 179 cm³/mol. The molecule has 2 unspecified atom stereocenters. The Balaban J connectivity index is 1.10. The van der Waals surface area contributed by atoms with Crippen molar-refractivity contribution in [3.05, 3.63) is 105 Å². The number of hydrogen-bond acceptors (Lipinski definition) is 5. The molecule has 1 nitrogen and oxygen atoms in total. The Kier molecular flexibility index (Phi) is 4.98. The van der Waals surface area contributed by atoms with Crippen LogP contribution in [0.5, 0.6) is 0 Å². The van der Waals surface area contributed by atoms with Gasteiger partial charge in [-0.3, -0.25) is 0 Å². The highest BCUT2D eigenvalue weighted by molar-refractivity contribution is 8.09. The first-order valence-electron chi connectivity index (χ1n) is 13.9. The number of thioether (sulfide) groups is 1. The van der Waals surface area contributed by atoms with E-state index in [2.05, 4.69) is 75.4 Å². The molecule has 3 aliphatic carbocycles. The molecule has 0 saturated heterocycles. The first-order chi connectivity index (χ1) is 19.4. The fourth-order valence-electron chi connectivity index (χ4n) is 7.13. The van der Waals surface area contributed by atoms with Gasteiger partial charge in [-0.2, -0.15) is 0 Å². The largest absolute Gasteiger partial charge is 0.399 e. The Bertz CT molecular complexity index is 2040. The van der Waals surface area contributed by atoms with Gasteiger partial charge in [-0.15, -0.1) is 45.8 Å². The molecule has 40 heavy (non-hydrogen) atoms. The number of fused-ring (bicyclic) bond motifs is 8. The van der Waals surface area contributed by atoms with Crippen LogP contribution in [-0.4, -0.2) is 5.25 Å². The highest BCUT2D eigenvalue weighted by Gasteiger charge is 2.35. The number of benzene rings is 2. The Morgan fingerprint density at radius 3 is 2.17 bits per heavy atom. The molecule has 9 rings (SSSR count). The highest BCUT2D eigenvalue weighted by atomic mass is 32.2. The van der Waals surface area contributed by atoms with E-state index in [9.17, 15) is 0 Å². The smallest absolute Gasteiger partial charge is 0.0455 e. The number of thiophene rings is 3. The van der Waals surface area contributed by atoms with Crippen molar-refractivity contribution in [2.75, 3.05) is 5.73 Å². The molecule has 196 valence electrons. The minimum absolute atomic E-state index is 0.538. The minimum Gasteiger partial charge on any atom is -0.399 e. The molecule has 0 bridgehead atoms. The number of anilines is 1. The zero-order chi connectivity index (χ0) is 26.9. The zero-order valence-electron chi connectivity index (χ0n) is 22.6. The predicted octanol–water partition coefficient (Wildman–Crippen LogP) is 10.6. The third-order valence-electron chi connectivity index (χ3n) is 9.08. The van der Waals surface area contributed by atoms with Crippen molar-refractivity contribution in [2.24, 2.45) is 5.92 Å². The van der Waals surface area contributed by atoms with E-state index in [0.717, 1.165) is 18.5 Å². The Morgan fingerprint density at radius 2 is 1.43 bits per heavy atom. The number of nitrogens with two attached hydrogens (primary N) is 1. The molecule has 0 saturated carbocycles. The van der Waals surface area contributed by atoms with Gasteiger partial charge in [0, 0.05) is 50.8 Å². The Labute approximate surface area is 250 Å². The molecule has 5 aromatic rings. The lowest BCUT2D eigenvalue weighted by molar-refractivity contribution is 0.846. The molecule has 4 aliphatic rings. The fraction of sp³-hybridized carbons (Fsp3) is 0.200. The standard InChI is InChI=1S/C35H27NS4/c1-16-4-6-26-19(8-16)12-28(37-26)30-14-21-10-24-18(3)33-25(17(2)32(24)34(21)39-30)11-22-15-31(40-35(22)33)29-13-20-9-23(36)5-7-27(20)38-29/h4-9,12-15,19,26H,10-11,36H2,1-3H3. The molecule has 2 N–H and O–H groups in total. The van der Waals surface area contributed by atoms with Crippen molar-refractivity contribution in [3.8, 4) is 30.6 Å². The van der Waals surface area contributed by atoms with Crippen molar-refractivity contribution in [3.63, 3.8) is 0 Å². The first kappa shape index (κ1) is 23.8. The van der Waals surface area contributed by atoms with Crippen LogP contribution in [0.3, 0.4) is 0 Å². The number of nitrogen functional groups attached to an aromatic ring is 1. The van der Waals surface area contributed by atoms with Crippen molar-refractivity contribution < 1.29 is 0 Å². The first-order valence-corrected chi connectivity index (χ1v) is 17.2. The molecule has 2 aromatic carbocycles. The van der Waals surface area contributed by atoms with E-state index in [1.165, 1.54) is 78.3 Å². The lowest BCUT2D eigenvalue weighted by Crippen LogP contribution is -2.09. The maximum absolute atomic E-state index is 6.05. The average molecular weight is 590 g/mol. The van der Waals surface area contributed by atoms with Crippen LogP contribution in [0.2, 0.25) is 0 Å². The summed E-state index contributed by atoms with van der Waals surface area (Å²) >= 11 is 7.93. The van der Waals surface area contributed by atoms with E-state index in [1.54, 1.807) is 11.1 Å². The van der Waals surface area contributed by atoms with E-state index >= 15 is 0 Å². The van der Waals surface area contributed by atoms with Gasteiger partial charge >= 0.3 is 0 Å². The summed E-state index contributed by atoms with van der Waals surface area (Å²) in [6.07, 6.45) is 11.7. The van der Waals surface area contributed by atoms with Crippen LogP contribution in [-0.2, 0) is 12.8 Å². The van der Waals surface area contributed by atoms with Crippen molar-refractivity contribution in [2.45, 2.75) is 38.9 Å². The number of allylic oxidation sites excluding steroid dienone is 4. The third kappa shape index (κ3) is 3.32. The summed E-state index contributed by atoms with van der Waals surface area (Å²) in [5, 5.41) is 1.81. The van der Waals surface area contributed by atoms with Crippen LogP contribution in [0.1, 0.15) is 45.2 Å². The van der Waals surface area contributed by atoms with E-state index < -0.39 is 0 Å². The Morgan fingerprint density at radius 1 is 0.750 bits per heavy atom. The molecule has 0 spiro atoms. The molecular formula is C35H27NS4. The van der Waals surface area contributed by atoms with Crippen LogP contribution in [0.25, 0.3) is 45.6 Å². The van der Waals surface area contributed by atoms with Gasteiger partial charge in [0.1, 0.15) is 0 Å². The van der Waals surface area contributed by atoms with Gasteiger partial charge in [0.25, 0.3) is 0 Å². The molecule has 3 aromatic heterocycles. The van der Waals surface area contributed by atoms with Crippen molar-refractivity contribution >= 4 is 66.5 Å². The average Bonchev–Trinajstić information content (AvgIpc) is 3.73. The second-order valence-electron chi connectivity index (χ2n) is 11.6. The summed E-state index contributed by atoms with van der Waals surface area (Å²) in [4.78, 5) is 8.69. The zero-order valence-corrected chi connectivity index (χ0v) is 25.8. The topological polar surface area (TPSA) is 26.0 Å². The van der Waals surface area contributed by atoms with Gasteiger partial charge in [-0.05, 0) is 120 Å². The second kappa shape index (κ2) is 8.36. The summed E-state index contributed by atoms with van der Waals surface area (Å²) in [5.41, 5.74) is 20.5. The maximum atomic E-state index is 6.05. The quantitative estimate of drug-likeness (QED) is 0.203. The normalized spacial score (nSPS) is 19.9. The SMILES string of the molecule is CC1=CC2C=C(c3cc4c(s3)-c3c(C)c5c(c(C)c3C4)-c3sc(-c4cc6cc(N)ccc6s4)cc3C5)SC2C=C1. The van der Waals surface area contributed by atoms with Crippen LogP contribution in [0, 0.1) is 19.8 Å². The van der Waals surface area contributed by atoms with Crippen molar-refractivity contribution in [1.82, 2.24) is 0 Å². The molecule has 0 radical (unpaired) electrons. The highest BCUT2D eigenvalue weighted by Crippen LogP contribution is 2.56. The van der Waals surface area contributed by atoms with Crippen LogP contribution >= 0.6 is 45.8 Å². The molecule has 0 amide bonds. The molecule has 2 atom stereocenters. The lowest BCUT2D eigenvalue weighted by Gasteiger charge is -2.16. The molecular weight excluding hydrogens is 563 g/mol. The van der Waals surface area contributed by atoms with Gasteiger partial charge in [-0.25, -0.2) is 0 Å². The third-order valence-corrected chi connectivity index (χ3v) is 14.3. The monoisotopic (exact) mass is 589 g/mol. The fourth-order valence-corrected chi connectivity index (χ4v) is 12.2. The Hall–Kier alpha value is -2.83. The molecule has 5 heteroatoms. The molecule has 4 heterocycles. The van der Waals surface area contributed by atoms with E-state index in [1.807, 2.05) is 51.8 Å². The van der Waals surface area contributed by atoms with Gasteiger partial charge in [0.05, 0.1) is 0 Å². The summed E-state index contributed by atoms with van der Waals surface area (Å²) in [6.45, 7) is 6.98. The molecule has 1 aliphatic heterocycles. The van der Waals surface area contributed by atoms with E-state index in [4.69, 9.17) is 5.73 Å². The molecule has 0 fully saturated rings. The van der Waals surface area contributed by atoms with Crippen LogP contribution in [0.15, 0.2) is 66.3 Å². The summed E-state index contributed by atoms with van der Waals surface area (Å²) < 4.78 is 1.31. The number of hydrogen-bond donors (Lipinski definition) is 1. The number of rotatable bonds is 2. The van der Waals surface area contributed by atoms with Gasteiger partial charge < -0.3 is 5.73 Å². The van der Waals surface area contributed by atoms with Gasteiger partial charge in [0.15, 0.2) is 0 Å². The second-order valence-corrected chi connectivity index (χ2v) is 16.0. The maximum Gasteiger partial charge on any atom is 0.0455 e. The summed E-state index contributed by atoms with van der Waals surface area (Å²) in [5.74, 6) is 0.538. The van der Waals surface area contributed by atoms with Crippen LogP contribution < -0.4 is 5.73 Å². The van der Waals surface area contributed by atoms with Crippen molar-refractivity contribution in [1.29, 1.82) is 0 Å². The summed E-state index contributed by atoms with van der Waals surface area (Å²) in [6, 6.07) is 13.5. The van der Waals surface area contributed by atoms with Crippen LogP contribution in [0.4, 0.5) is 5.69 Å². The summed E-state index contributed by atoms with van der Waals surface area (Å²) in [7, 11) is 0. The lowest BCUT2D eigenvalue weighted by atomic mass is 9.90.